The van der Waals surface area contributed by atoms with E-state index in [9.17, 15) is 4.39 Å². The number of rotatable bonds is 5. The maximum atomic E-state index is 13.8. The lowest BCUT2D eigenvalue weighted by atomic mass is 10.1. The minimum atomic E-state index is -0.269. The first-order valence-electron chi connectivity index (χ1n) is 7.96. The van der Waals surface area contributed by atoms with E-state index >= 15 is 0 Å². The molecule has 7 heteroatoms. The van der Waals surface area contributed by atoms with Gasteiger partial charge < -0.3 is 4.74 Å². The highest BCUT2D eigenvalue weighted by Crippen LogP contribution is 2.27. The topological polar surface area (TPSA) is 63.7 Å². The van der Waals surface area contributed by atoms with Gasteiger partial charge in [-0.3, -0.25) is 10.1 Å². The Hall–Kier alpha value is -2.93. The lowest BCUT2D eigenvalue weighted by molar-refractivity contribution is 0.415. The molecule has 0 unspecified atom stereocenters. The van der Waals surface area contributed by atoms with Crippen molar-refractivity contribution in [2.75, 3.05) is 7.11 Å². The molecule has 0 radical (unpaired) electrons. The SMILES string of the molecule is COc1ccc(-c2nc(SCc3cc(F)cc4cccnc34)n[nH]2)cc1. The average Bonchev–Trinajstić information content (AvgIpc) is 3.15. The number of hydrogen-bond acceptors (Lipinski definition) is 5. The van der Waals surface area contributed by atoms with Crippen molar-refractivity contribution in [1.82, 2.24) is 20.2 Å². The summed E-state index contributed by atoms with van der Waals surface area (Å²) in [6.07, 6.45) is 1.71. The summed E-state index contributed by atoms with van der Waals surface area (Å²) in [5, 5.41) is 8.56. The largest absolute Gasteiger partial charge is 0.497 e. The van der Waals surface area contributed by atoms with E-state index in [4.69, 9.17) is 4.74 Å². The van der Waals surface area contributed by atoms with Crippen molar-refractivity contribution < 1.29 is 9.13 Å². The van der Waals surface area contributed by atoms with Crippen molar-refractivity contribution in [2.24, 2.45) is 0 Å². The second kappa shape index (κ2) is 7.13. The van der Waals surface area contributed by atoms with Crippen LogP contribution in [-0.4, -0.2) is 27.3 Å². The van der Waals surface area contributed by atoms with Gasteiger partial charge in [-0.05, 0) is 48.0 Å². The van der Waals surface area contributed by atoms with Crippen LogP contribution in [0.1, 0.15) is 5.56 Å². The summed E-state index contributed by atoms with van der Waals surface area (Å²) < 4.78 is 19.0. The summed E-state index contributed by atoms with van der Waals surface area (Å²) in [5.74, 6) is 1.73. The van der Waals surface area contributed by atoms with Crippen molar-refractivity contribution >= 4 is 22.7 Å². The van der Waals surface area contributed by atoms with Crippen LogP contribution >= 0.6 is 11.8 Å². The number of H-pyrrole nitrogens is 1. The molecular weight excluding hydrogens is 351 g/mol. The van der Waals surface area contributed by atoms with Crippen LogP contribution < -0.4 is 4.74 Å². The number of nitrogens with one attached hydrogen (secondary N) is 1. The number of nitrogens with zero attached hydrogens (tertiary/aromatic N) is 3. The van der Waals surface area contributed by atoms with E-state index in [0.717, 1.165) is 27.8 Å². The fraction of sp³-hybridized carbons (Fsp3) is 0.105. The zero-order valence-corrected chi connectivity index (χ0v) is 14.8. The van der Waals surface area contributed by atoms with Gasteiger partial charge in [0, 0.05) is 22.9 Å². The van der Waals surface area contributed by atoms with Crippen LogP contribution in [0, 0.1) is 5.82 Å². The van der Waals surface area contributed by atoms with Crippen LogP contribution in [0.2, 0.25) is 0 Å². The fourth-order valence-corrected chi connectivity index (χ4v) is 3.44. The van der Waals surface area contributed by atoms with Crippen molar-refractivity contribution in [1.29, 1.82) is 0 Å². The van der Waals surface area contributed by atoms with E-state index in [1.54, 1.807) is 19.4 Å². The summed E-state index contributed by atoms with van der Waals surface area (Å²) in [6, 6.07) is 14.2. The molecule has 0 saturated carbocycles. The molecule has 5 nitrogen and oxygen atoms in total. The number of benzene rings is 2. The predicted molar refractivity (Wildman–Crippen MR) is 99.6 cm³/mol. The number of aromatic amines is 1. The molecule has 26 heavy (non-hydrogen) atoms. The van der Waals surface area contributed by atoms with E-state index in [-0.39, 0.29) is 5.82 Å². The number of fused-ring (bicyclic) bond motifs is 1. The summed E-state index contributed by atoms with van der Waals surface area (Å²) >= 11 is 1.44. The molecule has 2 heterocycles. The third-order valence-corrected chi connectivity index (χ3v) is 4.83. The van der Waals surface area contributed by atoms with E-state index in [1.165, 1.54) is 23.9 Å². The molecule has 0 atom stereocenters. The van der Waals surface area contributed by atoms with Gasteiger partial charge in [0.25, 0.3) is 0 Å². The minimum Gasteiger partial charge on any atom is -0.497 e. The Balaban J connectivity index is 1.53. The zero-order valence-electron chi connectivity index (χ0n) is 13.9. The predicted octanol–water partition coefficient (Wildman–Crippen LogP) is 4.46. The van der Waals surface area contributed by atoms with E-state index in [2.05, 4.69) is 20.2 Å². The molecule has 4 aromatic rings. The number of hydrogen-bond donors (Lipinski definition) is 1. The van der Waals surface area contributed by atoms with Crippen molar-refractivity contribution in [3.8, 4) is 17.1 Å². The Morgan fingerprint density at radius 2 is 2.00 bits per heavy atom. The van der Waals surface area contributed by atoms with Crippen molar-refractivity contribution in [2.45, 2.75) is 10.9 Å². The van der Waals surface area contributed by atoms with Crippen LogP contribution in [-0.2, 0) is 5.75 Å². The van der Waals surface area contributed by atoms with Crippen molar-refractivity contribution in [3.05, 3.63) is 66.1 Å². The van der Waals surface area contributed by atoms with Gasteiger partial charge in [0.1, 0.15) is 11.6 Å². The molecule has 0 bridgehead atoms. The van der Waals surface area contributed by atoms with Gasteiger partial charge >= 0.3 is 0 Å². The highest BCUT2D eigenvalue weighted by atomic mass is 32.2. The molecule has 0 spiro atoms. The average molecular weight is 366 g/mol. The van der Waals surface area contributed by atoms with Crippen LogP contribution in [0.5, 0.6) is 5.75 Å². The number of aromatic nitrogens is 4. The van der Waals surface area contributed by atoms with Crippen LogP contribution in [0.15, 0.2) is 59.9 Å². The summed E-state index contributed by atoms with van der Waals surface area (Å²) in [5.41, 5.74) is 2.54. The van der Waals surface area contributed by atoms with Crippen LogP contribution in [0.3, 0.4) is 0 Å². The third-order valence-electron chi connectivity index (χ3n) is 3.93. The Bertz CT molecular complexity index is 1050. The first-order valence-corrected chi connectivity index (χ1v) is 8.94. The lowest BCUT2D eigenvalue weighted by Gasteiger charge is -2.04. The minimum absolute atomic E-state index is 0.269. The van der Waals surface area contributed by atoms with E-state index in [0.29, 0.717) is 16.7 Å². The number of halogens is 1. The lowest BCUT2D eigenvalue weighted by Crippen LogP contribution is -1.90. The normalized spacial score (nSPS) is 11.0. The molecular formula is C19H15FN4OS. The zero-order chi connectivity index (χ0) is 17.9. The highest BCUT2D eigenvalue weighted by molar-refractivity contribution is 7.98. The van der Waals surface area contributed by atoms with Crippen LogP contribution in [0.4, 0.5) is 4.39 Å². The molecule has 0 fully saturated rings. The molecule has 0 aliphatic rings. The first-order chi connectivity index (χ1) is 12.7. The number of pyridine rings is 1. The van der Waals surface area contributed by atoms with Crippen molar-refractivity contribution in [3.63, 3.8) is 0 Å². The number of methoxy groups -OCH3 is 1. The number of thioether (sulfide) groups is 1. The summed E-state index contributed by atoms with van der Waals surface area (Å²) in [7, 11) is 1.63. The van der Waals surface area contributed by atoms with Gasteiger partial charge in [-0.2, -0.15) is 0 Å². The standard InChI is InChI=1S/C19H15FN4OS/c1-25-16-6-4-12(5-7-16)18-22-19(24-23-18)26-11-14-10-15(20)9-13-3-2-8-21-17(13)14/h2-10H,11H2,1H3,(H,22,23,24). The first kappa shape index (κ1) is 16.5. The maximum Gasteiger partial charge on any atom is 0.209 e. The van der Waals surface area contributed by atoms with Gasteiger partial charge in [-0.1, -0.05) is 17.8 Å². The van der Waals surface area contributed by atoms with Gasteiger partial charge in [-0.25, -0.2) is 9.37 Å². The van der Waals surface area contributed by atoms with Crippen LogP contribution in [0.25, 0.3) is 22.3 Å². The summed E-state index contributed by atoms with van der Waals surface area (Å²) in [4.78, 5) is 8.86. The van der Waals surface area contributed by atoms with E-state index in [1.807, 2.05) is 30.3 Å². The fourth-order valence-electron chi connectivity index (χ4n) is 2.67. The smallest absolute Gasteiger partial charge is 0.209 e. The molecule has 0 aliphatic carbocycles. The maximum absolute atomic E-state index is 13.8. The molecule has 130 valence electrons. The highest BCUT2D eigenvalue weighted by Gasteiger charge is 2.10. The Labute approximate surface area is 153 Å². The number of ether oxygens (including phenoxy) is 1. The van der Waals surface area contributed by atoms with Gasteiger partial charge in [0.2, 0.25) is 5.16 Å². The summed E-state index contributed by atoms with van der Waals surface area (Å²) in [6.45, 7) is 0. The quantitative estimate of drug-likeness (QED) is 0.528. The van der Waals surface area contributed by atoms with E-state index < -0.39 is 0 Å². The second-order valence-electron chi connectivity index (χ2n) is 5.62. The molecule has 2 aromatic carbocycles. The van der Waals surface area contributed by atoms with Gasteiger partial charge in [0.15, 0.2) is 5.82 Å². The Morgan fingerprint density at radius 1 is 1.15 bits per heavy atom. The molecule has 2 aromatic heterocycles. The third kappa shape index (κ3) is 3.39. The Morgan fingerprint density at radius 3 is 2.81 bits per heavy atom. The molecule has 0 saturated heterocycles. The monoisotopic (exact) mass is 366 g/mol. The molecule has 1 N–H and O–H groups in total. The van der Waals surface area contributed by atoms with Gasteiger partial charge in [0.05, 0.1) is 12.6 Å². The van der Waals surface area contributed by atoms with Gasteiger partial charge in [-0.15, -0.1) is 5.10 Å². The molecule has 0 amide bonds. The Kier molecular flexibility index (Phi) is 4.53. The second-order valence-corrected chi connectivity index (χ2v) is 6.57. The molecule has 4 rings (SSSR count). The molecule has 0 aliphatic heterocycles.